The van der Waals surface area contributed by atoms with Gasteiger partial charge in [-0.3, -0.25) is 0 Å². The van der Waals surface area contributed by atoms with Crippen molar-refractivity contribution in [3.05, 3.63) is 36.2 Å². The standard InChI is InChI=1S/C12H11N3O3/c13-9-4-14-12(15-5-9)16-6-8-1-2-10-11(3-8)18-7-17-10/h1-5H,6-7,13H2. The number of hydrogen-bond donors (Lipinski definition) is 1. The summed E-state index contributed by atoms with van der Waals surface area (Å²) in [6.07, 6.45) is 3.00. The van der Waals surface area contributed by atoms with Gasteiger partial charge in [0.2, 0.25) is 6.79 Å². The van der Waals surface area contributed by atoms with Gasteiger partial charge >= 0.3 is 6.01 Å². The first-order valence-electron chi connectivity index (χ1n) is 5.40. The Kier molecular flexibility index (Phi) is 2.60. The van der Waals surface area contributed by atoms with Crippen molar-refractivity contribution in [1.82, 2.24) is 9.97 Å². The number of nitrogens with zero attached hydrogens (tertiary/aromatic N) is 2. The molecule has 1 aliphatic rings. The van der Waals surface area contributed by atoms with Crippen molar-refractivity contribution in [2.75, 3.05) is 12.5 Å². The molecular formula is C12H11N3O3. The molecule has 18 heavy (non-hydrogen) atoms. The number of aromatic nitrogens is 2. The molecule has 0 saturated heterocycles. The number of fused-ring (bicyclic) bond motifs is 1. The average Bonchev–Trinajstić information content (AvgIpc) is 2.85. The molecule has 0 amide bonds. The van der Waals surface area contributed by atoms with E-state index >= 15 is 0 Å². The number of anilines is 1. The van der Waals surface area contributed by atoms with Gasteiger partial charge in [-0.05, 0) is 17.7 Å². The van der Waals surface area contributed by atoms with Crippen molar-refractivity contribution in [2.24, 2.45) is 0 Å². The van der Waals surface area contributed by atoms with Crippen LogP contribution in [0.25, 0.3) is 0 Å². The number of nitrogen functional groups attached to an aromatic ring is 1. The second-order valence-corrected chi connectivity index (χ2v) is 3.78. The molecule has 0 spiro atoms. The van der Waals surface area contributed by atoms with Gasteiger partial charge in [-0.25, -0.2) is 9.97 Å². The highest BCUT2D eigenvalue weighted by atomic mass is 16.7. The molecule has 6 heteroatoms. The van der Waals surface area contributed by atoms with E-state index in [1.54, 1.807) is 0 Å². The summed E-state index contributed by atoms with van der Waals surface area (Å²) in [5.74, 6) is 1.48. The maximum Gasteiger partial charge on any atom is 0.316 e. The highest BCUT2D eigenvalue weighted by molar-refractivity contribution is 5.44. The summed E-state index contributed by atoms with van der Waals surface area (Å²) in [5.41, 5.74) is 6.95. The maximum atomic E-state index is 5.48. The van der Waals surface area contributed by atoms with E-state index in [1.165, 1.54) is 12.4 Å². The lowest BCUT2D eigenvalue weighted by Gasteiger charge is -2.05. The molecule has 0 atom stereocenters. The van der Waals surface area contributed by atoms with Crippen LogP contribution in [0.4, 0.5) is 5.69 Å². The van der Waals surface area contributed by atoms with E-state index in [-0.39, 0.29) is 6.79 Å². The van der Waals surface area contributed by atoms with E-state index in [0.717, 1.165) is 17.1 Å². The Morgan fingerprint density at radius 1 is 1.17 bits per heavy atom. The van der Waals surface area contributed by atoms with Gasteiger partial charge in [0, 0.05) is 0 Å². The van der Waals surface area contributed by atoms with Crippen LogP contribution in [0.5, 0.6) is 17.5 Å². The smallest absolute Gasteiger partial charge is 0.316 e. The van der Waals surface area contributed by atoms with Gasteiger partial charge < -0.3 is 19.9 Å². The molecule has 1 aromatic heterocycles. The normalized spacial score (nSPS) is 12.4. The monoisotopic (exact) mass is 245 g/mol. The molecule has 6 nitrogen and oxygen atoms in total. The lowest BCUT2D eigenvalue weighted by molar-refractivity contribution is 0.174. The minimum absolute atomic E-state index is 0.265. The van der Waals surface area contributed by atoms with Gasteiger partial charge in [0.05, 0.1) is 18.1 Å². The van der Waals surface area contributed by atoms with E-state index < -0.39 is 0 Å². The summed E-state index contributed by atoms with van der Waals surface area (Å²) in [6.45, 7) is 0.626. The van der Waals surface area contributed by atoms with Crippen LogP contribution < -0.4 is 19.9 Å². The summed E-state index contributed by atoms with van der Waals surface area (Å²) in [6, 6.07) is 5.93. The van der Waals surface area contributed by atoms with Gasteiger partial charge in [-0.2, -0.15) is 0 Å². The van der Waals surface area contributed by atoms with E-state index in [1.807, 2.05) is 18.2 Å². The van der Waals surface area contributed by atoms with Crippen LogP contribution in [0, 0.1) is 0 Å². The van der Waals surface area contributed by atoms with E-state index in [9.17, 15) is 0 Å². The number of benzene rings is 1. The Morgan fingerprint density at radius 3 is 2.78 bits per heavy atom. The fourth-order valence-electron chi connectivity index (χ4n) is 1.58. The molecule has 0 saturated carbocycles. The maximum absolute atomic E-state index is 5.48. The van der Waals surface area contributed by atoms with Crippen LogP contribution in [0.1, 0.15) is 5.56 Å². The minimum Gasteiger partial charge on any atom is -0.459 e. The zero-order valence-electron chi connectivity index (χ0n) is 9.50. The lowest BCUT2D eigenvalue weighted by atomic mass is 10.2. The highest BCUT2D eigenvalue weighted by Gasteiger charge is 2.13. The molecule has 3 rings (SSSR count). The van der Waals surface area contributed by atoms with Crippen LogP contribution in [0.3, 0.4) is 0 Å². The molecule has 0 aliphatic carbocycles. The van der Waals surface area contributed by atoms with Crippen LogP contribution in [-0.2, 0) is 6.61 Å². The van der Waals surface area contributed by atoms with Crippen molar-refractivity contribution in [1.29, 1.82) is 0 Å². The van der Waals surface area contributed by atoms with Gasteiger partial charge in [0.25, 0.3) is 0 Å². The molecule has 2 N–H and O–H groups in total. The molecule has 92 valence electrons. The van der Waals surface area contributed by atoms with Crippen molar-refractivity contribution in [3.8, 4) is 17.5 Å². The summed E-state index contributed by atoms with van der Waals surface area (Å²) in [4.78, 5) is 7.90. The van der Waals surface area contributed by atoms with Gasteiger partial charge in [0.15, 0.2) is 11.5 Å². The molecule has 2 heterocycles. The molecule has 0 bridgehead atoms. The molecule has 2 aromatic rings. The Hall–Kier alpha value is -2.50. The number of nitrogens with two attached hydrogens (primary N) is 1. The fourth-order valence-corrected chi connectivity index (χ4v) is 1.58. The third kappa shape index (κ3) is 2.13. The largest absolute Gasteiger partial charge is 0.459 e. The van der Waals surface area contributed by atoms with Crippen molar-refractivity contribution >= 4 is 5.69 Å². The summed E-state index contributed by atoms with van der Waals surface area (Å²) < 4.78 is 15.9. The summed E-state index contributed by atoms with van der Waals surface area (Å²) >= 11 is 0. The molecule has 0 fully saturated rings. The lowest BCUT2D eigenvalue weighted by Crippen LogP contribution is -2.00. The van der Waals surface area contributed by atoms with E-state index in [4.69, 9.17) is 19.9 Å². The van der Waals surface area contributed by atoms with Crippen LogP contribution >= 0.6 is 0 Å². The van der Waals surface area contributed by atoms with E-state index in [0.29, 0.717) is 18.3 Å². The Labute approximate surface area is 103 Å². The predicted octanol–water partition coefficient (Wildman–Crippen LogP) is 1.37. The topological polar surface area (TPSA) is 79.5 Å². The summed E-state index contributed by atoms with van der Waals surface area (Å²) in [7, 11) is 0. The SMILES string of the molecule is Nc1cnc(OCc2ccc3c(c2)OCO3)nc1. The predicted molar refractivity (Wildman–Crippen MR) is 63.3 cm³/mol. The number of rotatable bonds is 3. The Balaban J connectivity index is 1.68. The second kappa shape index (κ2) is 4.40. The van der Waals surface area contributed by atoms with Crippen LogP contribution in [0.2, 0.25) is 0 Å². The minimum atomic E-state index is 0.265. The first kappa shape index (κ1) is 10.6. The van der Waals surface area contributed by atoms with Crippen molar-refractivity contribution in [3.63, 3.8) is 0 Å². The van der Waals surface area contributed by atoms with E-state index in [2.05, 4.69) is 9.97 Å². The number of ether oxygens (including phenoxy) is 3. The third-order valence-corrected chi connectivity index (χ3v) is 2.45. The first-order valence-corrected chi connectivity index (χ1v) is 5.40. The quantitative estimate of drug-likeness (QED) is 0.879. The summed E-state index contributed by atoms with van der Waals surface area (Å²) in [5, 5.41) is 0. The molecule has 0 unspecified atom stereocenters. The average molecular weight is 245 g/mol. The third-order valence-electron chi connectivity index (χ3n) is 2.45. The Bertz CT molecular complexity index is 557. The highest BCUT2D eigenvalue weighted by Crippen LogP contribution is 2.32. The number of hydrogen-bond acceptors (Lipinski definition) is 6. The van der Waals surface area contributed by atoms with Gasteiger partial charge in [-0.15, -0.1) is 0 Å². The van der Waals surface area contributed by atoms with Crippen molar-refractivity contribution < 1.29 is 14.2 Å². The second-order valence-electron chi connectivity index (χ2n) is 3.78. The fraction of sp³-hybridized carbons (Fsp3) is 0.167. The molecular weight excluding hydrogens is 234 g/mol. The molecule has 1 aliphatic heterocycles. The molecule has 1 aromatic carbocycles. The van der Waals surface area contributed by atoms with Gasteiger partial charge in [-0.1, -0.05) is 6.07 Å². The van der Waals surface area contributed by atoms with Crippen LogP contribution in [-0.4, -0.2) is 16.8 Å². The first-order chi connectivity index (χ1) is 8.81. The zero-order valence-corrected chi connectivity index (χ0v) is 9.50. The van der Waals surface area contributed by atoms with Gasteiger partial charge in [0.1, 0.15) is 6.61 Å². The van der Waals surface area contributed by atoms with Crippen molar-refractivity contribution in [2.45, 2.75) is 6.61 Å². The van der Waals surface area contributed by atoms with Crippen LogP contribution in [0.15, 0.2) is 30.6 Å². The zero-order chi connectivity index (χ0) is 12.4. The molecule has 0 radical (unpaired) electrons. The Morgan fingerprint density at radius 2 is 1.94 bits per heavy atom.